The van der Waals surface area contributed by atoms with Crippen LogP contribution in [-0.4, -0.2) is 46.2 Å². The van der Waals surface area contributed by atoms with E-state index >= 15 is 0 Å². The molecule has 1 aliphatic rings. The lowest BCUT2D eigenvalue weighted by Gasteiger charge is -2.23. The van der Waals surface area contributed by atoms with E-state index in [0.29, 0.717) is 6.54 Å². The highest BCUT2D eigenvalue weighted by Gasteiger charge is 2.50. The molecular formula is C20H20N4O5. The number of nitro benzene ring substituents is 1. The average molecular weight is 396 g/mol. The molecule has 1 heterocycles. The van der Waals surface area contributed by atoms with Crippen molar-refractivity contribution in [1.29, 1.82) is 0 Å². The third-order valence-corrected chi connectivity index (χ3v) is 4.89. The summed E-state index contributed by atoms with van der Waals surface area (Å²) >= 11 is 0. The summed E-state index contributed by atoms with van der Waals surface area (Å²) in [6, 6.07) is 14.1. The highest BCUT2D eigenvalue weighted by molar-refractivity contribution is 6.09. The number of hydrogen-bond donors (Lipinski definition) is 1. The number of nitrogens with zero attached hydrogens (tertiary/aromatic N) is 3. The monoisotopic (exact) mass is 396 g/mol. The van der Waals surface area contributed by atoms with E-state index in [9.17, 15) is 24.5 Å². The number of likely N-dealkylation sites (N-methyl/N-ethyl adjacent to an activating group) is 1. The van der Waals surface area contributed by atoms with E-state index in [-0.39, 0.29) is 11.3 Å². The highest BCUT2D eigenvalue weighted by atomic mass is 16.6. The summed E-state index contributed by atoms with van der Waals surface area (Å²) in [4.78, 5) is 50.6. The Labute approximate surface area is 167 Å². The normalized spacial score (nSPS) is 18.5. The minimum Gasteiger partial charge on any atom is -0.340 e. The third-order valence-electron chi connectivity index (χ3n) is 4.89. The van der Waals surface area contributed by atoms with Crippen LogP contribution in [0.15, 0.2) is 54.6 Å². The smallest absolute Gasteiger partial charge is 0.325 e. The quantitative estimate of drug-likeness (QED) is 0.456. The number of hydrogen-bond acceptors (Lipinski definition) is 5. The van der Waals surface area contributed by atoms with Gasteiger partial charge in [-0.15, -0.1) is 0 Å². The van der Waals surface area contributed by atoms with Gasteiger partial charge in [-0.05, 0) is 18.1 Å². The van der Waals surface area contributed by atoms with Crippen LogP contribution in [0, 0.1) is 10.1 Å². The number of amides is 4. The van der Waals surface area contributed by atoms with Crippen LogP contribution in [0.2, 0.25) is 0 Å². The predicted molar refractivity (Wildman–Crippen MR) is 104 cm³/mol. The highest BCUT2D eigenvalue weighted by Crippen LogP contribution is 2.30. The van der Waals surface area contributed by atoms with Gasteiger partial charge in [0.25, 0.3) is 11.6 Å². The Kier molecular flexibility index (Phi) is 5.31. The van der Waals surface area contributed by atoms with Crippen molar-refractivity contribution in [3.63, 3.8) is 0 Å². The van der Waals surface area contributed by atoms with Crippen molar-refractivity contribution in [3.8, 4) is 0 Å². The molecule has 1 aliphatic heterocycles. The summed E-state index contributed by atoms with van der Waals surface area (Å²) < 4.78 is 0. The Morgan fingerprint density at radius 3 is 2.52 bits per heavy atom. The summed E-state index contributed by atoms with van der Waals surface area (Å²) in [6.07, 6.45) is 0. The molecule has 4 amide bonds. The molecule has 0 aliphatic carbocycles. The zero-order valence-electron chi connectivity index (χ0n) is 16.0. The molecule has 1 fully saturated rings. The lowest BCUT2D eigenvalue weighted by Crippen LogP contribution is -2.43. The van der Waals surface area contributed by atoms with Crippen molar-refractivity contribution in [2.45, 2.75) is 19.0 Å². The predicted octanol–water partition coefficient (Wildman–Crippen LogP) is 2.02. The first-order valence-corrected chi connectivity index (χ1v) is 8.89. The summed E-state index contributed by atoms with van der Waals surface area (Å²) in [5, 5.41) is 13.6. The number of nitro groups is 1. The lowest BCUT2D eigenvalue weighted by molar-refractivity contribution is -0.385. The van der Waals surface area contributed by atoms with Crippen LogP contribution in [0.1, 0.15) is 18.1 Å². The van der Waals surface area contributed by atoms with Gasteiger partial charge in [-0.3, -0.25) is 24.6 Å². The number of non-ortho nitro benzene ring substituents is 1. The summed E-state index contributed by atoms with van der Waals surface area (Å²) in [6.45, 7) is 1.38. The fraction of sp³-hybridized carbons (Fsp3) is 0.250. The van der Waals surface area contributed by atoms with Crippen LogP contribution in [0.4, 0.5) is 10.5 Å². The molecule has 2 aromatic carbocycles. The Hall–Kier alpha value is -3.75. The molecule has 9 heteroatoms. The zero-order valence-corrected chi connectivity index (χ0v) is 16.0. The van der Waals surface area contributed by atoms with Gasteiger partial charge in [-0.2, -0.15) is 0 Å². The van der Waals surface area contributed by atoms with Crippen molar-refractivity contribution in [2.24, 2.45) is 0 Å². The van der Waals surface area contributed by atoms with Gasteiger partial charge in [0.1, 0.15) is 12.1 Å². The number of carbonyl (C=O) groups excluding carboxylic acids is 3. The van der Waals surface area contributed by atoms with E-state index in [4.69, 9.17) is 0 Å². The molecule has 1 saturated heterocycles. The third kappa shape index (κ3) is 3.93. The number of urea groups is 1. The molecule has 29 heavy (non-hydrogen) atoms. The molecule has 0 bridgehead atoms. The van der Waals surface area contributed by atoms with Crippen molar-refractivity contribution < 1.29 is 19.3 Å². The van der Waals surface area contributed by atoms with Gasteiger partial charge >= 0.3 is 6.03 Å². The van der Waals surface area contributed by atoms with E-state index in [1.807, 2.05) is 30.3 Å². The van der Waals surface area contributed by atoms with Crippen LogP contribution in [-0.2, 0) is 21.7 Å². The van der Waals surface area contributed by atoms with E-state index in [2.05, 4.69) is 5.32 Å². The van der Waals surface area contributed by atoms with Gasteiger partial charge in [0, 0.05) is 25.7 Å². The minimum atomic E-state index is -1.48. The molecule has 0 saturated carbocycles. The first-order valence-electron chi connectivity index (χ1n) is 8.89. The van der Waals surface area contributed by atoms with Crippen molar-refractivity contribution in [1.82, 2.24) is 15.1 Å². The molecule has 0 radical (unpaired) electrons. The van der Waals surface area contributed by atoms with Gasteiger partial charge in [0.05, 0.1) is 4.92 Å². The Balaban J connectivity index is 1.75. The van der Waals surface area contributed by atoms with Crippen LogP contribution in [0.25, 0.3) is 0 Å². The molecular weight excluding hydrogens is 376 g/mol. The van der Waals surface area contributed by atoms with Gasteiger partial charge < -0.3 is 10.2 Å². The maximum atomic E-state index is 12.9. The molecule has 1 N–H and O–H groups in total. The Morgan fingerprint density at radius 1 is 1.17 bits per heavy atom. The maximum Gasteiger partial charge on any atom is 0.325 e. The van der Waals surface area contributed by atoms with E-state index in [1.54, 1.807) is 7.05 Å². The van der Waals surface area contributed by atoms with Crippen molar-refractivity contribution in [3.05, 3.63) is 75.8 Å². The zero-order chi connectivity index (χ0) is 21.2. The molecule has 1 atom stereocenters. The van der Waals surface area contributed by atoms with E-state index < -0.39 is 34.9 Å². The number of imide groups is 1. The standard InChI is InChI=1S/C20H20N4O5/c1-20(15-9-6-10-16(11-15)24(28)29)18(26)23(19(27)21-20)13-17(25)22(2)12-14-7-4-3-5-8-14/h3-11H,12-13H2,1-2H3,(H,21,27). The minimum absolute atomic E-state index is 0.192. The molecule has 150 valence electrons. The van der Waals surface area contributed by atoms with Gasteiger partial charge in [0.15, 0.2) is 0 Å². The Bertz CT molecular complexity index is 978. The second-order valence-electron chi connectivity index (χ2n) is 6.99. The second-order valence-corrected chi connectivity index (χ2v) is 6.99. The summed E-state index contributed by atoms with van der Waals surface area (Å²) in [7, 11) is 1.59. The summed E-state index contributed by atoms with van der Waals surface area (Å²) in [5.74, 6) is -1.04. The molecule has 3 rings (SSSR count). The molecule has 9 nitrogen and oxygen atoms in total. The maximum absolute atomic E-state index is 12.9. The second kappa shape index (κ2) is 7.70. The number of rotatable bonds is 6. The lowest BCUT2D eigenvalue weighted by atomic mass is 9.91. The van der Waals surface area contributed by atoms with E-state index in [1.165, 1.54) is 36.1 Å². The van der Waals surface area contributed by atoms with Crippen molar-refractivity contribution >= 4 is 23.5 Å². The number of nitrogens with one attached hydrogen (secondary N) is 1. The molecule has 0 spiro atoms. The fourth-order valence-corrected chi connectivity index (χ4v) is 3.17. The van der Waals surface area contributed by atoms with Crippen LogP contribution in [0.5, 0.6) is 0 Å². The van der Waals surface area contributed by atoms with Crippen LogP contribution < -0.4 is 5.32 Å². The SMILES string of the molecule is CN(Cc1ccccc1)C(=O)CN1C(=O)NC(C)(c2cccc([N+](=O)[O-])c2)C1=O. The van der Waals surface area contributed by atoms with Gasteiger partial charge in [-0.25, -0.2) is 4.79 Å². The fourth-order valence-electron chi connectivity index (χ4n) is 3.17. The molecule has 2 aromatic rings. The van der Waals surface area contributed by atoms with Gasteiger partial charge in [0.2, 0.25) is 5.91 Å². The number of benzene rings is 2. The molecule has 0 aromatic heterocycles. The van der Waals surface area contributed by atoms with Gasteiger partial charge in [-0.1, -0.05) is 42.5 Å². The number of carbonyl (C=O) groups is 3. The van der Waals surface area contributed by atoms with Crippen LogP contribution >= 0.6 is 0 Å². The Morgan fingerprint density at radius 2 is 1.86 bits per heavy atom. The molecule has 1 unspecified atom stereocenters. The van der Waals surface area contributed by atoms with Crippen molar-refractivity contribution in [2.75, 3.05) is 13.6 Å². The average Bonchev–Trinajstić information content (AvgIpc) is 2.92. The van der Waals surface area contributed by atoms with Crippen LogP contribution in [0.3, 0.4) is 0 Å². The largest absolute Gasteiger partial charge is 0.340 e. The van der Waals surface area contributed by atoms with E-state index in [0.717, 1.165) is 10.5 Å². The first-order chi connectivity index (χ1) is 13.7. The summed E-state index contributed by atoms with van der Waals surface area (Å²) in [5.41, 5.74) is -0.482. The topological polar surface area (TPSA) is 113 Å². The first kappa shape index (κ1) is 20.0.